The summed E-state index contributed by atoms with van der Waals surface area (Å²) >= 11 is 0. The third kappa shape index (κ3) is 3.67. The molecule has 2 aromatic rings. The quantitative estimate of drug-likeness (QED) is 0.530. The molecular weight excluding hydrogens is 410 g/mol. The standard InChI is InChI=1S/C19H21N5O5S/c1-24-9-8-20-16(24)19(17(26)22-18(27)23-19)11-21-15(25)13-4-6-14(7-5-13)30(28,29)10-12-2-3-12/h4-9,12H,2-3,10-11H2,1H3,(H,21,25)(H2,22,23,26,27). The van der Waals surface area contributed by atoms with E-state index in [1.165, 1.54) is 30.5 Å². The second-order valence-corrected chi connectivity index (χ2v) is 9.64. The van der Waals surface area contributed by atoms with Crippen LogP contribution in [0.15, 0.2) is 41.6 Å². The lowest BCUT2D eigenvalue weighted by Gasteiger charge is -2.25. The van der Waals surface area contributed by atoms with Gasteiger partial charge in [0.1, 0.15) is 5.82 Å². The Hall–Kier alpha value is -3.21. The molecule has 1 aliphatic carbocycles. The number of amides is 4. The molecule has 0 radical (unpaired) electrons. The van der Waals surface area contributed by atoms with Gasteiger partial charge in [0, 0.05) is 25.0 Å². The topological polar surface area (TPSA) is 139 Å². The molecule has 1 unspecified atom stereocenters. The van der Waals surface area contributed by atoms with Gasteiger partial charge >= 0.3 is 6.03 Å². The first-order valence-electron chi connectivity index (χ1n) is 9.44. The monoisotopic (exact) mass is 431 g/mol. The van der Waals surface area contributed by atoms with Crippen molar-refractivity contribution in [2.45, 2.75) is 23.3 Å². The predicted molar refractivity (Wildman–Crippen MR) is 105 cm³/mol. The highest BCUT2D eigenvalue weighted by atomic mass is 32.2. The van der Waals surface area contributed by atoms with Crippen molar-refractivity contribution in [2.75, 3.05) is 12.3 Å². The Morgan fingerprint density at radius 2 is 1.97 bits per heavy atom. The fourth-order valence-electron chi connectivity index (χ4n) is 3.45. The summed E-state index contributed by atoms with van der Waals surface area (Å²) < 4.78 is 26.3. The van der Waals surface area contributed by atoms with Crippen molar-refractivity contribution >= 4 is 27.7 Å². The van der Waals surface area contributed by atoms with Crippen LogP contribution in [0.5, 0.6) is 0 Å². The Kier molecular flexibility index (Phi) is 4.85. The number of benzene rings is 1. The van der Waals surface area contributed by atoms with Crippen LogP contribution >= 0.6 is 0 Å². The van der Waals surface area contributed by atoms with Gasteiger partial charge in [0.15, 0.2) is 15.4 Å². The smallest absolute Gasteiger partial charge is 0.322 e. The molecule has 30 heavy (non-hydrogen) atoms. The summed E-state index contributed by atoms with van der Waals surface area (Å²) in [5.74, 6) is -0.507. The number of sulfone groups is 1. The number of nitrogens with zero attached hydrogens (tertiary/aromatic N) is 2. The van der Waals surface area contributed by atoms with Crippen LogP contribution in [-0.2, 0) is 27.2 Å². The lowest BCUT2D eigenvalue weighted by atomic mass is 9.98. The van der Waals surface area contributed by atoms with E-state index in [0.717, 1.165) is 12.8 Å². The average molecular weight is 431 g/mol. The number of aromatic nitrogens is 2. The highest BCUT2D eigenvalue weighted by Gasteiger charge is 2.50. The van der Waals surface area contributed by atoms with Gasteiger partial charge in [-0.25, -0.2) is 18.2 Å². The number of urea groups is 1. The van der Waals surface area contributed by atoms with E-state index < -0.39 is 33.2 Å². The Bertz CT molecular complexity index is 1120. The van der Waals surface area contributed by atoms with Crippen LogP contribution in [0.25, 0.3) is 0 Å². The van der Waals surface area contributed by atoms with Gasteiger partial charge in [-0.15, -0.1) is 0 Å². The Labute approximate surface area is 173 Å². The number of hydrogen-bond donors (Lipinski definition) is 3. The minimum atomic E-state index is -3.37. The molecule has 4 amide bonds. The third-order valence-electron chi connectivity index (χ3n) is 5.29. The van der Waals surface area contributed by atoms with Crippen LogP contribution in [-0.4, -0.2) is 48.1 Å². The molecule has 11 heteroatoms. The van der Waals surface area contributed by atoms with Crippen LogP contribution in [0.2, 0.25) is 0 Å². The molecule has 1 aromatic heterocycles. The third-order valence-corrected chi connectivity index (χ3v) is 7.19. The summed E-state index contributed by atoms with van der Waals surface area (Å²) in [6.07, 6.45) is 4.97. The molecule has 2 fully saturated rings. The van der Waals surface area contributed by atoms with Gasteiger partial charge in [-0.2, -0.15) is 0 Å². The van der Waals surface area contributed by atoms with Crippen molar-refractivity contribution < 1.29 is 22.8 Å². The van der Waals surface area contributed by atoms with E-state index in [-0.39, 0.29) is 34.5 Å². The van der Waals surface area contributed by atoms with E-state index >= 15 is 0 Å². The largest absolute Gasteiger partial charge is 0.349 e. The normalized spacial score (nSPS) is 21.2. The van der Waals surface area contributed by atoms with Crippen molar-refractivity contribution in [2.24, 2.45) is 13.0 Å². The maximum atomic E-state index is 12.6. The molecule has 1 aromatic carbocycles. The van der Waals surface area contributed by atoms with Crippen LogP contribution in [0, 0.1) is 5.92 Å². The Balaban J connectivity index is 1.50. The van der Waals surface area contributed by atoms with Crippen molar-refractivity contribution in [1.29, 1.82) is 0 Å². The predicted octanol–water partition coefficient (Wildman–Crippen LogP) is 0.0685. The maximum Gasteiger partial charge on any atom is 0.322 e. The number of imide groups is 1. The van der Waals surface area contributed by atoms with E-state index in [2.05, 4.69) is 20.9 Å². The van der Waals surface area contributed by atoms with E-state index in [1.807, 2.05) is 0 Å². The molecular formula is C19H21N5O5S. The zero-order chi connectivity index (χ0) is 21.5. The van der Waals surface area contributed by atoms with Gasteiger partial charge in [-0.05, 0) is 43.0 Å². The highest BCUT2D eigenvalue weighted by Crippen LogP contribution is 2.32. The molecule has 4 rings (SSSR count). The number of hydrogen-bond acceptors (Lipinski definition) is 6. The van der Waals surface area contributed by atoms with Gasteiger partial charge in [-0.1, -0.05) is 0 Å². The maximum absolute atomic E-state index is 12.6. The lowest BCUT2D eigenvalue weighted by molar-refractivity contribution is -0.124. The summed E-state index contributed by atoms with van der Waals surface area (Å²) in [5, 5.41) is 7.35. The zero-order valence-electron chi connectivity index (χ0n) is 16.2. The Morgan fingerprint density at radius 1 is 1.27 bits per heavy atom. The average Bonchev–Trinajstić information content (AvgIpc) is 3.31. The first kappa shape index (κ1) is 20.1. The molecule has 158 valence electrons. The molecule has 2 aliphatic rings. The minimum Gasteiger partial charge on any atom is -0.349 e. The fraction of sp³-hybridized carbons (Fsp3) is 0.368. The number of imidazole rings is 1. The Morgan fingerprint density at radius 3 is 2.50 bits per heavy atom. The first-order valence-corrected chi connectivity index (χ1v) is 11.1. The summed E-state index contributed by atoms with van der Waals surface area (Å²) in [5.41, 5.74) is -1.31. The molecule has 0 bridgehead atoms. The second-order valence-electron chi connectivity index (χ2n) is 7.61. The number of carbonyl (C=O) groups excluding carboxylic acids is 3. The van der Waals surface area contributed by atoms with Crippen molar-refractivity contribution in [3.63, 3.8) is 0 Å². The van der Waals surface area contributed by atoms with Crippen molar-refractivity contribution in [3.8, 4) is 0 Å². The molecule has 0 spiro atoms. The van der Waals surface area contributed by atoms with Gasteiger partial charge in [0.2, 0.25) is 0 Å². The van der Waals surface area contributed by atoms with Crippen LogP contribution < -0.4 is 16.0 Å². The van der Waals surface area contributed by atoms with Gasteiger partial charge in [-0.3, -0.25) is 14.9 Å². The summed E-state index contributed by atoms with van der Waals surface area (Å²) in [7, 11) is -1.69. The summed E-state index contributed by atoms with van der Waals surface area (Å²) in [6.45, 7) is -0.226. The number of aryl methyl sites for hydroxylation is 1. The molecule has 1 saturated heterocycles. The number of nitrogens with one attached hydrogen (secondary N) is 3. The van der Waals surface area contributed by atoms with Crippen LogP contribution in [0.1, 0.15) is 29.0 Å². The summed E-state index contributed by atoms with van der Waals surface area (Å²) in [6, 6.07) is 4.99. The van der Waals surface area contributed by atoms with Gasteiger partial charge in [0.05, 0.1) is 17.2 Å². The number of carbonyl (C=O) groups is 3. The zero-order valence-corrected chi connectivity index (χ0v) is 17.0. The minimum absolute atomic E-state index is 0.125. The van der Waals surface area contributed by atoms with Gasteiger partial charge < -0.3 is 15.2 Å². The van der Waals surface area contributed by atoms with Gasteiger partial charge in [0.25, 0.3) is 11.8 Å². The SMILES string of the molecule is Cn1ccnc1C1(CNC(=O)c2ccc(S(=O)(=O)CC3CC3)cc2)NC(=O)NC1=O. The molecule has 10 nitrogen and oxygen atoms in total. The number of rotatable bonds is 7. The highest BCUT2D eigenvalue weighted by molar-refractivity contribution is 7.91. The van der Waals surface area contributed by atoms with Crippen molar-refractivity contribution in [1.82, 2.24) is 25.5 Å². The van der Waals surface area contributed by atoms with Crippen molar-refractivity contribution in [3.05, 3.63) is 48.0 Å². The first-order chi connectivity index (χ1) is 14.2. The van der Waals surface area contributed by atoms with E-state index in [4.69, 9.17) is 0 Å². The molecule has 1 saturated carbocycles. The molecule has 1 atom stereocenters. The van der Waals surface area contributed by atoms with E-state index in [9.17, 15) is 22.8 Å². The fourth-order valence-corrected chi connectivity index (χ4v) is 5.15. The van der Waals surface area contributed by atoms with Crippen LogP contribution in [0.4, 0.5) is 4.79 Å². The molecule has 3 N–H and O–H groups in total. The summed E-state index contributed by atoms with van der Waals surface area (Å²) in [4.78, 5) is 41.2. The van der Waals surface area contributed by atoms with E-state index in [1.54, 1.807) is 17.8 Å². The molecule has 1 aliphatic heterocycles. The van der Waals surface area contributed by atoms with E-state index in [0.29, 0.717) is 0 Å². The molecule has 2 heterocycles. The lowest BCUT2D eigenvalue weighted by Crippen LogP contribution is -2.54. The van der Waals surface area contributed by atoms with Crippen LogP contribution in [0.3, 0.4) is 0 Å². The second kappa shape index (κ2) is 7.24.